The van der Waals surface area contributed by atoms with E-state index in [2.05, 4.69) is 12.2 Å². The summed E-state index contributed by atoms with van der Waals surface area (Å²) in [6.45, 7) is 4.00. The van der Waals surface area contributed by atoms with Gasteiger partial charge in [0.05, 0.1) is 6.04 Å². The van der Waals surface area contributed by atoms with Crippen LogP contribution in [0.25, 0.3) is 0 Å². The third-order valence-electron chi connectivity index (χ3n) is 3.00. The predicted octanol–water partition coefficient (Wildman–Crippen LogP) is 1.03. The molecule has 0 aliphatic heterocycles. The third kappa shape index (κ3) is 2.69. The summed E-state index contributed by atoms with van der Waals surface area (Å²) >= 11 is 0. The zero-order valence-corrected chi connectivity index (χ0v) is 8.55. The van der Waals surface area contributed by atoms with Crippen LogP contribution in [0.4, 0.5) is 0 Å². The number of carbonyl (C=O) groups is 1. The van der Waals surface area contributed by atoms with Crippen molar-refractivity contribution in [3.8, 4) is 0 Å². The van der Waals surface area contributed by atoms with Crippen molar-refractivity contribution in [3.05, 3.63) is 0 Å². The Balaban J connectivity index is 2.26. The minimum atomic E-state index is -0.331. The molecule has 2 unspecified atom stereocenters. The van der Waals surface area contributed by atoms with E-state index >= 15 is 0 Å². The number of hydrogen-bond acceptors (Lipinski definition) is 2. The molecule has 0 bridgehead atoms. The standard InChI is InChI=1S/C10H20N2O/c1-3-9(11)10(13)12-7(2)8-5-4-6-8/h7-9H,3-6,11H2,1-2H3,(H,12,13). The number of nitrogens with two attached hydrogens (primary N) is 1. The first kappa shape index (κ1) is 10.5. The molecule has 0 spiro atoms. The Morgan fingerprint density at radius 1 is 1.62 bits per heavy atom. The maximum Gasteiger partial charge on any atom is 0.237 e. The average Bonchev–Trinajstić information content (AvgIpc) is 1.99. The molecule has 1 aliphatic rings. The van der Waals surface area contributed by atoms with Gasteiger partial charge in [-0.3, -0.25) is 4.79 Å². The lowest BCUT2D eigenvalue weighted by Crippen LogP contribution is -2.47. The maximum atomic E-state index is 11.4. The molecular weight excluding hydrogens is 164 g/mol. The summed E-state index contributed by atoms with van der Waals surface area (Å²) in [6, 6.07) is -0.0265. The molecule has 13 heavy (non-hydrogen) atoms. The number of nitrogens with one attached hydrogen (secondary N) is 1. The van der Waals surface area contributed by atoms with Gasteiger partial charge in [0.25, 0.3) is 0 Å². The average molecular weight is 184 g/mol. The summed E-state index contributed by atoms with van der Waals surface area (Å²) in [5, 5.41) is 2.97. The van der Waals surface area contributed by atoms with E-state index in [0.717, 1.165) is 0 Å². The summed E-state index contributed by atoms with van der Waals surface area (Å²) in [6.07, 6.45) is 4.53. The zero-order valence-electron chi connectivity index (χ0n) is 8.55. The highest BCUT2D eigenvalue weighted by molar-refractivity contribution is 5.81. The van der Waals surface area contributed by atoms with E-state index in [4.69, 9.17) is 5.73 Å². The van der Waals surface area contributed by atoms with Gasteiger partial charge in [-0.05, 0) is 32.1 Å². The van der Waals surface area contributed by atoms with Crippen LogP contribution in [0.5, 0.6) is 0 Å². The number of rotatable bonds is 4. The lowest BCUT2D eigenvalue weighted by Gasteiger charge is -2.32. The highest BCUT2D eigenvalue weighted by Gasteiger charge is 2.25. The van der Waals surface area contributed by atoms with Crippen molar-refractivity contribution in [3.63, 3.8) is 0 Å². The topological polar surface area (TPSA) is 55.1 Å². The molecule has 0 saturated heterocycles. The van der Waals surface area contributed by atoms with Gasteiger partial charge in [0.1, 0.15) is 0 Å². The van der Waals surface area contributed by atoms with Crippen LogP contribution in [0.1, 0.15) is 39.5 Å². The van der Waals surface area contributed by atoms with Gasteiger partial charge in [0.15, 0.2) is 0 Å². The SMILES string of the molecule is CCC(N)C(=O)NC(C)C1CCC1. The Labute approximate surface area is 80.1 Å². The van der Waals surface area contributed by atoms with Crippen LogP contribution in [-0.4, -0.2) is 18.0 Å². The molecule has 0 aromatic heterocycles. The molecule has 1 rings (SSSR count). The van der Waals surface area contributed by atoms with Crippen LogP contribution in [0.2, 0.25) is 0 Å². The van der Waals surface area contributed by atoms with E-state index in [1.54, 1.807) is 0 Å². The van der Waals surface area contributed by atoms with Gasteiger partial charge in [-0.1, -0.05) is 13.3 Å². The van der Waals surface area contributed by atoms with Gasteiger partial charge in [0, 0.05) is 6.04 Å². The van der Waals surface area contributed by atoms with Crippen molar-refractivity contribution < 1.29 is 4.79 Å². The number of carbonyl (C=O) groups excluding carboxylic acids is 1. The molecule has 3 nitrogen and oxygen atoms in total. The molecule has 1 fully saturated rings. The first-order chi connectivity index (χ1) is 6.15. The third-order valence-corrected chi connectivity index (χ3v) is 3.00. The van der Waals surface area contributed by atoms with Crippen molar-refractivity contribution >= 4 is 5.91 Å². The van der Waals surface area contributed by atoms with Crippen molar-refractivity contribution in [1.82, 2.24) is 5.32 Å². The number of amides is 1. The normalized spacial score (nSPS) is 21.8. The molecule has 0 radical (unpaired) electrons. The highest BCUT2D eigenvalue weighted by Crippen LogP contribution is 2.29. The Bertz CT molecular complexity index is 178. The molecule has 1 aliphatic carbocycles. The van der Waals surface area contributed by atoms with Gasteiger partial charge >= 0.3 is 0 Å². The van der Waals surface area contributed by atoms with Crippen molar-refractivity contribution in [2.45, 2.75) is 51.6 Å². The quantitative estimate of drug-likeness (QED) is 0.685. The van der Waals surface area contributed by atoms with Gasteiger partial charge < -0.3 is 11.1 Å². The second kappa shape index (κ2) is 4.61. The second-order valence-corrected chi connectivity index (χ2v) is 4.00. The Kier molecular flexibility index (Phi) is 3.72. The minimum Gasteiger partial charge on any atom is -0.352 e. The molecule has 0 heterocycles. The van der Waals surface area contributed by atoms with Crippen LogP contribution in [0, 0.1) is 5.92 Å². The van der Waals surface area contributed by atoms with E-state index < -0.39 is 0 Å². The van der Waals surface area contributed by atoms with Crippen LogP contribution in [-0.2, 0) is 4.79 Å². The van der Waals surface area contributed by atoms with Gasteiger partial charge in [-0.15, -0.1) is 0 Å². The molecule has 0 aromatic carbocycles. The van der Waals surface area contributed by atoms with Crippen molar-refractivity contribution in [2.24, 2.45) is 11.7 Å². The molecule has 2 atom stereocenters. The fraction of sp³-hybridized carbons (Fsp3) is 0.900. The van der Waals surface area contributed by atoms with E-state index in [0.29, 0.717) is 18.4 Å². The summed E-state index contributed by atoms with van der Waals surface area (Å²) in [5.74, 6) is 0.690. The zero-order chi connectivity index (χ0) is 9.84. The lowest BCUT2D eigenvalue weighted by molar-refractivity contribution is -0.123. The first-order valence-corrected chi connectivity index (χ1v) is 5.21. The van der Waals surface area contributed by atoms with Gasteiger partial charge in [0.2, 0.25) is 5.91 Å². The highest BCUT2D eigenvalue weighted by atomic mass is 16.2. The predicted molar refractivity (Wildman–Crippen MR) is 53.2 cm³/mol. The molecule has 1 amide bonds. The number of hydrogen-bond donors (Lipinski definition) is 2. The second-order valence-electron chi connectivity index (χ2n) is 4.00. The monoisotopic (exact) mass is 184 g/mol. The van der Waals surface area contributed by atoms with Gasteiger partial charge in [-0.2, -0.15) is 0 Å². The van der Waals surface area contributed by atoms with Crippen LogP contribution >= 0.6 is 0 Å². The molecular formula is C10H20N2O. The summed E-state index contributed by atoms with van der Waals surface area (Å²) < 4.78 is 0. The Hall–Kier alpha value is -0.570. The van der Waals surface area contributed by atoms with Crippen molar-refractivity contribution in [1.29, 1.82) is 0 Å². The van der Waals surface area contributed by atoms with E-state index in [-0.39, 0.29) is 11.9 Å². The molecule has 1 saturated carbocycles. The van der Waals surface area contributed by atoms with E-state index in [1.165, 1.54) is 19.3 Å². The molecule has 0 aromatic rings. The first-order valence-electron chi connectivity index (χ1n) is 5.21. The van der Waals surface area contributed by atoms with Crippen LogP contribution < -0.4 is 11.1 Å². The summed E-state index contributed by atoms with van der Waals surface area (Å²) in [7, 11) is 0. The van der Waals surface area contributed by atoms with Gasteiger partial charge in [-0.25, -0.2) is 0 Å². The summed E-state index contributed by atoms with van der Waals surface area (Å²) in [5.41, 5.74) is 5.61. The van der Waals surface area contributed by atoms with Crippen LogP contribution in [0.3, 0.4) is 0 Å². The summed E-state index contributed by atoms with van der Waals surface area (Å²) in [4.78, 5) is 11.4. The lowest BCUT2D eigenvalue weighted by atomic mass is 9.80. The van der Waals surface area contributed by atoms with E-state index in [1.807, 2.05) is 6.92 Å². The minimum absolute atomic E-state index is 0.00176. The molecule has 3 N–H and O–H groups in total. The fourth-order valence-electron chi connectivity index (χ4n) is 1.57. The Morgan fingerprint density at radius 3 is 2.62 bits per heavy atom. The largest absolute Gasteiger partial charge is 0.352 e. The maximum absolute atomic E-state index is 11.4. The van der Waals surface area contributed by atoms with Crippen molar-refractivity contribution in [2.75, 3.05) is 0 Å². The Morgan fingerprint density at radius 2 is 2.23 bits per heavy atom. The van der Waals surface area contributed by atoms with Crippen LogP contribution in [0.15, 0.2) is 0 Å². The molecule has 76 valence electrons. The molecule has 3 heteroatoms. The smallest absolute Gasteiger partial charge is 0.237 e. The van der Waals surface area contributed by atoms with E-state index in [9.17, 15) is 4.79 Å². The fourth-order valence-corrected chi connectivity index (χ4v) is 1.57.